The third kappa shape index (κ3) is 3.46. The number of alkyl halides is 3. The highest BCUT2D eigenvalue weighted by atomic mass is 32.1. The maximum Gasteiger partial charge on any atom is 0.435 e. The molecule has 0 spiro atoms. The summed E-state index contributed by atoms with van der Waals surface area (Å²) in [6, 6.07) is 2.96. The van der Waals surface area contributed by atoms with Gasteiger partial charge in [0.25, 0.3) is 5.91 Å². The first-order valence-corrected chi connectivity index (χ1v) is 8.73. The number of amides is 1. The van der Waals surface area contributed by atoms with Gasteiger partial charge in [-0.05, 0) is 32.9 Å². The lowest BCUT2D eigenvalue weighted by Crippen LogP contribution is -2.35. The molecule has 0 aliphatic carbocycles. The standard InChI is InChI=1S/C16H18F3N5OS/c1-8-5-10(3)24(21-8)7-9(2)20-14(25)12-6-11-13(16(17,18)19)22-23(4)15(11)26-12/h5-6,9H,7H2,1-4H3,(H,20,25)/t9-/m1/s1. The van der Waals surface area contributed by atoms with E-state index in [1.54, 1.807) is 4.68 Å². The number of aromatic nitrogens is 4. The molecule has 0 saturated carbocycles. The van der Waals surface area contributed by atoms with E-state index in [0.717, 1.165) is 27.4 Å². The van der Waals surface area contributed by atoms with E-state index >= 15 is 0 Å². The zero-order valence-electron chi connectivity index (χ0n) is 14.7. The lowest BCUT2D eigenvalue weighted by molar-refractivity contribution is -0.140. The fourth-order valence-electron chi connectivity index (χ4n) is 2.82. The second kappa shape index (κ2) is 6.42. The quantitative estimate of drug-likeness (QED) is 0.750. The highest BCUT2D eigenvalue weighted by Gasteiger charge is 2.37. The SMILES string of the molecule is Cc1cc(C)n(C[C@@H](C)NC(=O)c2cc3c(C(F)(F)F)nn(C)c3s2)n1. The van der Waals surface area contributed by atoms with Gasteiger partial charge in [-0.1, -0.05) is 0 Å². The topological polar surface area (TPSA) is 64.7 Å². The number of hydrogen-bond acceptors (Lipinski definition) is 4. The Hall–Kier alpha value is -2.36. The van der Waals surface area contributed by atoms with Crippen LogP contribution in [0.1, 0.15) is 33.7 Å². The third-order valence-corrected chi connectivity index (χ3v) is 5.13. The van der Waals surface area contributed by atoms with Crippen LogP contribution in [0, 0.1) is 13.8 Å². The van der Waals surface area contributed by atoms with Crippen molar-refractivity contribution in [3.05, 3.63) is 34.1 Å². The van der Waals surface area contributed by atoms with E-state index < -0.39 is 17.8 Å². The molecule has 3 aromatic rings. The van der Waals surface area contributed by atoms with Gasteiger partial charge in [-0.2, -0.15) is 23.4 Å². The molecule has 0 saturated heterocycles. The summed E-state index contributed by atoms with van der Waals surface area (Å²) >= 11 is 0.990. The van der Waals surface area contributed by atoms with Crippen molar-refractivity contribution < 1.29 is 18.0 Å². The van der Waals surface area contributed by atoms with Gasteiger partial charge in [0, 0.05) is 24.2 Å². The van der Waals surface area contributed by atoms with Gasteiger partial charge in [0.15, 0.2) is 5.69 Å². The van der Waals surface area contributed by atoms with Crippen molar-refractivity contribution in [2.24, 2.45) is 7.05 Å². The number of halogens is 3. The monoisotopic (exact) mass is 385 g/mol. The van der Waals surface area contributed by atoms with Crippen LogP contribution >= 0.6 is 11.3 Å². The van der Waals surface area contributed by atoms with Crippen molar-refractivity contribution in [2.75, 3.05) is 0 Å². The van der Waals surface area contributed by atoms with E-state index in [2.05, 4.69) is 15.5 Å². The van der Waals surface area contributed by atoms with Crippen LogP contribution in [0.15, 0.2) is 12.1 Å². The van der Waals surface area contributed by atoms with E-state index in [-0.39, 0.29) is 16.3 Å². The minimum atomic E-state index is -4.56. The number of thiophene rings is 1. The molecule has 0 radical (unpaired) electrons. The molecule has 1 amide bonds. The molecule has 0 aliphatic rings. The Kier molecular flexibility index (Phi) is 4.55. The zero-order valence-corrected chi connectivity index (χ0v) is 15.5. The first-order chi connectivity index (χ1) is 12.1. The van der Waals surface area contributed by atoms with E-state index in [1.807, 2.05) is 26.8 Å². The molecular weight excluding hydrogens is 367 g/mol. The van der Waals surface area contributed by atoms with Gasteiger partial charge in [-0.25, -0.2) is 0 Å². The Morgan fingerprint density at radius 3 is 2.58 bits per heavy atom. The van der Waals surface area contributed by atoms with Crippen LogP contribution in [-0.2, 0) is 19.8 Å². The fourth-order valence-corrected chi connectivity index (χ4v) is 3.80. The number of nitrogens with one attached hydrogen (secondary N) is 1. The zero-order chi connectivity index (χ0) is 19.2. The lowest BCUT2D eigenvalue weighted by atomic mass is 10.2. The average molecular weight is 385 g/mol. The molecule has 3 aromatic heterocycles. The third-order valence-electron chi connectivity index (χ3n) is 3.93. The largest absolute Gasteiger partial charge is 0.435 e. The molecule has 0 aromatic carbocycles. The minimum Gasteiger partial charge on any atom is -0.347 e. The van der Waals surface area contributed by atoms with Gasteiger partial charge in [0.1, 0.15) is 4.83 Å². The Morgan fingerprint density at radius 1 is 1.31 bits per heavy atom. The predicted octanol–water partition coefficient (Wildman–Crippen LogP) is 3.29. The summed E-state index contributed by atoms with van der Waals surface area (Å²) in [5.74, 6) is -0.409. The van der Waals surface area contributed by atoms with E-state index in [4.69, 9.17) is 0 Å². The number of rotatable bonds is 4. The number of aryl methyl sites for hydroxylation is 3. The van der Waals surface area contributed by atoms with E-state index in [0.29, 0.717) is 11.4 Å². The van der Waals surface area contributed by atoms with Crippen molar-refractivity contribution >= 4 is 27.5 Å². The van der Waals surface area contributed by atoms with Crippen molar-refractivity contribution in [3.63, 3.8) is 0 Å². The van der Waals surface area contributed by atoms with Crippen molar-refractivity contribution in [1.29, 1.82) is 0 Å². The normalized spacial score (nSPS) is 13.3. The number of carbonyl (C=O) groups excluding carboxylic acids is 1. The molecular formula is C16H18F3N5OS. The van der Waals surface area contributed by atoms with Gasteiger partial charge in [-0.3, -0.25) is 14.2 Å². The number of nitrogens with zero attached hydrogens (tertiary/aromatic N) is 4. The van der Waals surface area contributed by atoms with Crippen LogP contribution < -0.4 is 5.32 Å². The second-order valence-corrected chi connectivity index (χ2v) is 7.31. The molecule has 1 atom stereocenters. The van der Waals surface area contributed by atoms with Crippen molar-refractivity contribution in [3.8, 4) is 0 Å². The molecule has 3 heterocycles. The number of hydrogen-bond donors (Lipinski definition) is 1. The van der Waals surface area contributed by atoms with Crippen LogP contribution in [0.3, 0.4) is 0 Å². The Balaban J connectivity index is 1.78. The smallest absolute Gasteiger partial charge is 0.347 e. The van der Waals surface area contributed by atoms with Gasteiger partial charge >= 0.3 is 6.18 Å². The Morgan fingerprint density at radius 2 is 2.00 bits per heavy atom. The Bertz CT molecular complexity index is 969. The van der Waals surface area contributed by atoms with Crippen molar-refractivity contribution in [1.82, 2.24) is 24.9 Å². The fraction of sp³-hybridized carbons (Fsp3) is 0.438. The van der Waals surface area contributed by atoms with Gasteiger partial charge in [0.2, 0.25) is 0 Å². The molecule has 10 heteroatoms. The lowest BCUT2D eigenvalue weighted by Gasteiger charge is -2.14. The van der Waals surface area contributed by atoms with Crippen LogP contribution in [0.25, 0.3) is 10.2 Å². The van der Waals surface area contributed by atoms with Gasteiger partial charge in [0.05, 0.1) is 17.1 Å². The maximum absolute atomic E-state index is 13.1. The van der Waals surface area contributed by atoms with Crippen LogP contribution in [0.5, 0.6) is 0 Å². The summed E-state index contributed by atoms with van der Waals surface area (Å²) in [6.45, 7) is 6.11. The molecule has 1 N–H and O–H groups in total. The van der Waals surface area contributed by atoms with E-state index in [1.165, 1.54) is 13.1 Å². The molecule has 0 bridgehead atoms. The van der Waals surface area contributed by atoms with Gasteiger partial charge in [-0.15, -0.1) is 11.3 Å². The summed E-state index contributed by atoms with van der Waals surface area (Å²) in [5, 5.41) is 10.6. The van der Waals surface area contributed by atoms with Gasteiger partial charge < -0.3 is 5.32 Å². The molecule has 0 unspecified atom stereocenters. The highest BCUT2D eigenvalue weighted by molar-refractivity contribution is 7.20. The maximum atomic E-state index is 13.1. The predicted molar refractivity (Wildman–Crippen MR) is 92.2 cm³/mol. The molecule has 26 heavy (non-hydrogen) atoms. The van der Waals surface area contributed by atoms with Crippen LogP contribution in [0.2, 0.25) is 0 Å². The first kappa shape index (κ1) is 18.4. The second-order valence-electron chi connectivity index (χ2n) is 6.28. The summed E-state index contributed by atoms with van der Waals surface area (Å²) in [4.78, 5) is 13.0. The van der Waals surface area contributed by atoms with Crippen molar-refractivity contribution in [2.45, 2.75) is 39.5 Å². The molecule has 0 aliphatic heterocycles. The Labute approximate surface area is 151 Å². The molecule has 6 nitrogen and oxygen atoms in total. The summed E-state index contributed by atoms with van der Waals surface area (Å²) in [5.41, 5.74) is 0.894. The summed E-state index contributed by atoms with van der Waals surface area (Å²) in [7, 11) is 1.43. The number of fused-ring (bicyclic) bond motifs is 1. The molecule has 140 valence electrons. The number of carbonyl (C=O) groups is 1. The van der Waals surface area contributed by atoms with Crippen LogP contribution in [-0.4, -0.2) is 31.5 Å². The summed E-state index contributed by atoms with van der Waals surface area (Å²) < 4.78 is 42.1. The minimum absolute atomic E-state index is 0.0543. The highest BCUT2D eigenvalue weighted by Crippen LogP contribution is 2.37. The molecule has 3 rings (SSSR count). The molecule has 0 fully saturated rings. The van der Waals surface area contributed by atoms with E-state index in [9.17, 15) is 18.0 Å². The average Bonchev–Trinajstić information content (AvgIpc) is 3.14. The van der Waals surface area contributed by atoms with Crippen LogP contribution in [0.4, 0.5) is 13.2 Å². The first-order valence-electron chi connectivity index (χ1n) is 7.92. The summed E-state index contributed by atoms with van der Waals surface area (Å²) in [6.07, 6.45) is -4.56.